The van der Waals surface area contributed by atoms with Crippen LogP contribution < -0.4 is 21.3 Å². The summed E-state index contributed by atoms with van der Waals surface area (Å²) in [6, 6.07) is 12.3. The summed E-state index contributed by atoms with van der Waals surface area (Å²) in [7, 11) is -2.48. The minimum absolute atomic E-state index is 0.0195. The van der Waals surface area contributed by atoms with Crippen molar-refractivity contribution in [2.24, 2.45) is 5.73 Å². The lowest BCUT2D eigenvalue weighted by Crippen LogP contribution is -2.44. The number of aromatic nitrogens is 2. The predicted octanol–water partition coefficient (Wildman–Crippen LogP) is 3.34. The number of amides is 3. The second kappa shape index (κ2) is 10.7. The van der Waals surface area contributed by atoms with Crippen molar-refractivity contribution in [3.8, 4) is 11.4 Å². The molecule has 4 N–H and O–H groups in total. The Kier molecular flexibility index (Phi) is 7.42. The molecule has 1 saturated heterocycles. The quantitative estimate of drug-likeness (QED) is 0.382. The molecule has 0 unspecified atom stereocenters. The van der Waals surface area contributed by atoms with E-state index in [1.54, 1.807) is 30.3 Å². The van der Waals surface area contributed by atoms with Crippen molar-refractivity contribution in [1.29, 1.82) is 0 Å². The first-order chi connectivity index (χ1) is 19.1. The lowest BCUT2D eigenvalue weighted by Gasteiger charge is -2.34. The molecule has 3 amide bonds. The van der Waals surface area contributed by atoms with Crippen molar-refractivity contribution < 1.29 is 22.7 Å². The Labute approximate surface area is 237 Å². The van der Waals surface area contributed by atoms with Crippen molar-refractivity contribution in [2.75, 3.05) is 37.0 Å². The standard InChI is InChI=1S/C27H29ClN6O5S/c1-16-15-39-12-11-34(16)23-14-22(32-25(33-23)17-3-6-19(7-4-17)31-26(36)30-2)27(9-10-27)40(37,38)21-8-5-18(24(29)35)13-20(21)28/h3-8,13-14,16H,9-12,15H2,1-2H3,(H2,29,35)(H2,30,31,36)/t16-/m0/s1. The Morgan fingerprint density at radius 2 is 1.85 bits per heavy atom. The van der Waals surface area contributed by atoms with Gasteiger partial charge in [0, 0.05) is 36.5 Å². The summed E-state index contributed by atoms with van der Waals surface area (Å²) in [5, 5.41) is 5.13. The van der Waals surface area contributed by atoms with Crippen LogP contribution in [0.4, 0.5) is 16.3 Å². The van der Waals surface area contributed by atoms with Gasteiger partial charge in [0.25, 0.3) is 0 Å². The van der Waals surface area contributed by atoms with Crippen LogP contribution in [-0.2, 0) is 19.3 Å². The minimum atomic E-state index is -4.01. The summed E-state index contributed by atoms with van der Waals surface area (Å²) >= 11 is 6.36. The van der Waals surface area contributed by atoms with E-state index in [0.717, 1.165) is 0 Å². The fourth-order valence-electron chi connectivity index (χ4n) is 4.77. The molecular formula is C27H29ClN6O5S. The number of sulfone groups is 1. The molecule has 0 radical (unpaired) electrons. The largest absolute Gasteiger partial charge is 0.377 e. The van der Waals surface area contributed by atoms with E-state index in [1.807, 2.05) is 6.92 Å². The number of morpholine rings is 1. The Balaban J connectivity index is 1.60. The molecular weight excluding hydrogens is 556 g/mol. The van der Waals surface area contributed by atoms with Gasteiger partial charge in [-0.2, -0.15) is 0 Å². The molecule has 2 heterocycles. The normalized spacial score (nSPS) is 18.2. The molecule has 1 aliphatic carbocycles. The zero-order valence-corrected chi connectivity index (χ0v) is 23.6. The van der Waals surface area contributed by atoms with E-state index in [2.05, 4.69) is 15.5 Å². The molecule has 2 aromatic carbocycles. The average molecular weight is 585 g/mol. The zero-order valence-electron chi connectivity index (χ0n) is 22.0. The number of benzene rings is 2. The lowest BCUT2D eigenvalue weighted by atomic mass is 10.1. The van der Waals surface area contributed by atoms with Gasteiger partial charge < -0.3 is 26.0 Å². The van der Waals surface area contributed by atoms with Crippen LogP contribution in [0.25, 0.3) is 11.4 Å². The number of rotatable bonds is 7. The van der Waals surface area contributed by atoms with Crippen LogP contribution in [0.1, 0.15) is 35.8 Å². The van der Waals surface area contributed by atoms with E-state index in [4.69, 9.17) is 32.0 Å². The van der Waals surface area contributed by atoms with Crippen molar-refractivity contribution >= 4 is 44.9 Å². The second-order valence-electron chi connectivity index (χ2n) is 9.84. The van der Waals surface area contributed by atoms with Crippen LogP contribution in [0, 0.1) is 0 Å². The number of urea groups is 1. The van der Waals surface area contributed by atoms with Gasteiger partial charge in [0.1, 0.15) is 10.6 Å². The summed E-state index contributed by atoms with van der Waals surface area (Å²) in [5.41, 5.74) is 7.07. The summed E-state index contributed by atoms with van der Waals surface area (Å²) in [6.45, 7) is 3.64. The highest BCUT2D eigenvalue weighted by atomic mass is 35.5. The van der Waals surface area contributed by atoms with Crippen LogP contribution in [-0.4, -0.2) is 63.2 Å². The molecule has 1 aliphatic heterocycles. The average Bonchev–Trinajstić information content (AvgIpc) is 3.76. The fourth-order valence-corrected chi connectivity index (χ4v) is 7.25. The first kappa shape index (κ1) is 27.8. The van der Waals surface area contributed by atoms with E-state index in [0.29, 0.717) is 61.2 Å². The maximum absolute atomic E-state index is 14.1. The molecule has 3 aromatic rings. The van der Waals surface area contributed by atoms with Gasteiger partial charge >= 0.3 is 6.03 Å². The number of nitrogens with one attached hydrogen (secondary N) is 2. The number of nitrogens with two attached hydrogens (primary N) is 1. The van der Waals surface area contributed by atoms with E-state index < -0.39 is 20.5 Å². The third-order valence-electron chi connectivity index (χ3n) is 7.19. The van der Waals surface area contributed by atoms with Gasteiger partial charge in [0.2, 0.25) is 5.91 Å². The van der Waals surface area contributed by atoms with Crippen molar-refractivity contribution in [3.63, 3.8) is 0 Å². The molecule has 13 heteroatoms. The highest BCUT2D eigenvalue weighted by Gasteiger charge is 2.58. The summed E-state index contributed by atoms with van der Waals surface area (Å²) in [5.74, 6) is 0.252. The number of nitrogens with zero attached hydrogens (tertiary/aromatic N) is 3. The number of primary amides is 1. The summed E-state index contributed by atoms with van der Waals surface area (Å²) in [4.78, 5) is 34.8. The minimum Gasteiger partial charge on any atom is -0.377 e. The Hall–Kier alpha value is -3.74. The summed E-state index contributed by atoms with van der Waals surface area (Å²) in [6.07, 6.45) is 0.708. The molecule has 1 atom stereocenters. The fraction of sp³-hybridized carbons (Fsp3) is 0.333. The molecule has 2 aliphatic rings. The monoisotopic (exact) mass is 584 g/mol. The first-order valence-electron chi connectivity index (χ1n) is 12.7. The van der Waals surface area contributed by atoms with Crippen molar-refractivity contribution in [1.82, 2.24) is 15.3 Å². The van der Waals surface area contributed by atoms with Crippen LogP contribution in [0.2, 0.25) is 5.02 Å². The van der Waals surface area contributed by atoms with Crippen LogP contribution >= 0.6 is 11.6 Å². The van der Waals surface area contributed by atoms with E-state index in [1.165, 1.54) is 25.2 Å². The molecule has 0 spiro atoms. The highest BCUT2D eigenvalue weighted by molar-refractivity contribution is 7.92. The number of hydrogen-bond acceptors (Lipinski definition) is 8. The maximum Gasteiger partial charge on any atom is 0.318 e. The smallest absolute Gasteiger partial charge is 0.318 e. The number of anilines is 2. The Bertz CT molecular complexity index is 1580. The van der Waals surface area contributed by atoms with Gasteiger partial charge in [-0.15, -0.1) is 0 Å². The van der Waals surface area contributed by atoms with Gasteiger partial charge in [-0.05, 0) is 62.2 Å². The third-order valence-corrected chi connectivity index (χ3v) is 10.2. The summed E-state index contributed by atoms with van der Waals surface area (Å²) < 4.78 is 32.4. The lowest BCUT2D eigenvalue weighted by molar-refractivity contribution is 0.0985. The molecule has 2 fully saturated rings. The molecule has 40 heavy (non-hydrogen) atoms. The first-order valence-corrected chi connectivity index (χ1v) is 14.6. The molecule has 5 rings (SSSR count). The van der Waals surface area contributed by atoms with Gasteiger partial charge in [-0.3, -0.25) is 4.79 Å². The topological polar surface area (TPSA) is 157 Å². The SMILES string of the molecule is CNC(=O)Nc1ccc(-c2nc(N3CCOC[C@@H]3C)cc(C3(S(=O)(=O)c4ccc(C(N)=O)cc4Cl)CC3)n2)cc1. The molecule has 1 saturated carbocycles. The number of ether oxygens (including phenoxy) is 1. The van der Waals surface area contributed by atoms with Crippen molar-refractivity contribution in [2.45, 2.75) is 35.4 Å². The Morgan fingerprint density at radius 1 is 1.12 bits per heavy atom. The van der Waals surface area contributed by atoms with Gasteiger partial charge in [-0.1, -0.05) is 11.6 Å². The van der Waals surface area contributed by atoms with Crippen LogP contribution in [0.3, 0.4) is 0 Å². The molecule has 0 bridgehead atoms. The van der Waals surface area contributed by atoms with Crippen molar-refractivity contribution in [3.05, 3.63) is 64.8 Å². The van der Waals surface area contributed by atoms with Gasteiger partial charge in [0.15, 0.2) is 15.7 Å². The predicted molar refractivity (Wildman–Crippen MR) is 151 cm³/mol. The number of carbonyl (C=O) groups excluding carboxylic acids is 2. The maximum atomic E-state index is 14.1. The molecule has 1 aromatic heterocycles. The van der Waals surface area contributed by atoms with E-state index in [-0.39, 0.29) is 27.6 Å². The van der Waals surface area contributed by atoms with E-state index in [9.17, 15) is 18.0 Å². The number of hydrogen-bond donors (Lipinski definition) is 3. The second-order valence-corrected chi connectivity index (χ2v) is 12.5. The number of carbonyl (C=O) groups is 2. The highest BCUT2D eigenvalue weighted by Crippen LogP contribution is 2.56. The number of halogens is 1. The molecule has 11 nitrogen and oxygen atoms in total. The van der Waals surface area contributed by atoms with E-state index >= 15 is 0 Å². The third kappa shape index (κ3) is 5.09. The zero-order chi connectivity index (χ0) is 28.7. The van der Waals surface area contributed by atoms with Crippen LogP contribution in [0.15, 0.2) is 53.4 Å². The Morgan fingerprint density at radius 3 is 2.45 bits per heavy atom. The van der Waals surface area contributed by atoms with Gasteiger partial charge in [-0.25, -0.2) is 23.2 Å². The van der Waals surface area contributed by atoms with Gasteiger partial charge in [0.05, 0.1) is 34.9 Å². The molecule has 210 valence electrons. The van der Waals surface area contributed by atoms with Crippen LogP contribution in [0.5, 0.6) is 0 Å².